The highest BCUT2D eigenvalue weighted by Gasteiger charge is 2.24. The smallest absolute Gasteiger partial charge is 0.328 e. The monoisotopic (exact) mass is 295 g/mol. The highest BCUT2D eigenvalue weighted by Crippen LogP contribution is 2.28. The fourth-order valence-corrected chi connectivity index (χ4v) is 3.08. The Bertz CT molecular complexity index is 444. The summed E-state index contributed by atoms with van der Waals surface area (Å²) in [6.07, 6.45) is 7.13. The van der Waals surface area contributed by atoms with Crippen molar-refractivity contribution in [1.82, 2.24) is 0 Å². The van der Waals surface area contributed by atoms with Crippen molar-refractivity contribution in [2.24, 2.45) is 5.92 Å². The van der Waals surface area contributed by atoms with Crippen molar-refractivity contribution in [2.75, 3.05) is 12.4 Å². The molecule has 0 amide bonds. The van der Waals surface area contributed by atoms with E-state index in [-0.39, 0.29) is 12.0 Å². The van der Waals surface area contributed by atoms with Gasteiger partial charge in [-0.2, -0.15) is 0 Å². The van der Waals surface area contributed by atoms with E-state index in [0.29, 0.717) is 10.9 Å². The summed E-state index contributed by atoms with van der Waals surface area (Å²) in [6, 6.07) is 7.16. The predicted molar refractivity (Wildman–Crippen MR) is 82.1 cm³/mol. The minimum absolute atomic E-state index is 0.199. The van der Waals surface area contributed by atoms with Crippen molar-refractivity contribution in [3.05, 3.63) is 29.3 Å². The van der Waals surface area contributed by atoms with Crippen LogP contribution in [0.3, 0.4) is 0 Å². The molecule has 4 heteroatoms. The molecule has 3 nitrogen and oxygen atoms in total. The number of carbonyl (C=O) groups is 1. The number of esters is 1. The largest absolute Gasteiger partial charge is 0.467 e. The summed E-state index contributed by atoms with van der Waals surface area (Å²) in [4.78, 5) is 12.0. The van der Waals surface area contributed by atoms with E-state index in [4.69, 9.17) is 16.3 Å². The molecule has 0 aromatic heterocycles. The van der Waals surface area contributed by atoms with Gasteiger partial charge in [0.15, 0.2) is 0 Å². The molecule has 1 aliphatic carbocycles. The SMILES string of the molecule is COC(=O)C(CC1CCCCC1)Nc1cccc(Cl)c1. The van der Waals surface area contributed by atoms with Crippen LogP contribution < -0.4 is 5.32 Å². The summed E-state index contributed by atoms with van der Waals surface area (Å²) in [5.41, 5.74) is 0.865. The molecule has 1 aliphatic rings. The van der Waals surface area contributed by atoms with E-state index < -0.39 is 0 Å². The fraction of sp³-hybridized carbons (Fsp3) is 0.562. The van der Waals surface area contributed by atoms with Crippen LogP contribution in [0, 0.1) is 5.92 Å². The Balaban J connectivity index is 2.01. The van der Waals surface area contributed by atoms with E-state index in [1.165, 1.54) is 39.2 Å². The van der Waals surface area contributed by atoms with Gasteiger partial charge in [0.05, 0.1) is 7.11 Å². The first-order valence-electron chi connectivity index (χ1n) is 7.29. The Kier molecular flexibility index (Phi) is 5.72. The Labute approximate surface area is 125 Å². The van der Waals surface area contributed by atoms with E-state index in [0.717, 1.165) is 12.1 Å². The van der Waals surface area contributed by atoms with Crippen molar-refractivity contribution >= 4 is 23.3 Å². The highest BCUT2D eigenvalue weighted by molar-refractivity contribution is 6.30. The van der Waals surface area contributed by atoms with Gasteiger partial charge in [-0.05, 0) is 30.5 Å². The highest BCUT2D eigenvalue weighted by atomic mass is 35.5. The van der Waals surface area contributed by atoms with Crippen LogP contribution in [-0.2, 0) is 9.53 Å². The minimum atomic E-state index is -0.290. The Morgan fingerprint density at radius 2 is 2.15 bits per heavy atom. The molecule has 20 heavy (non-hydrogen) atoms. The van der Waals surface area contributed by atoms with Gasteiger partial charge in [-0.1, -0.05) is 49.8 Å². The molecule has 0 heterocycles. The van der Waals surface area contributed by atoms with Crippen LogP contribution in [0.15, 0.2) is 24.3 Å². The third-order valence-corrected chi connectivity index (χ3v) is 4.18. The molecule has 0 radical (unpaired) electrons. The number of benzene rings is 1. The minimum Gasteiger partial charge on any atom is -0.467 e. The number of ether oxygens (including phenoxy) is 1. The molecule has 1 fully saturated rings. The molecular formula is C16H22ClNO2. The second-order valence-corrected chi connectivity index (χ2v) is 5.91. The summed E-state index contributed by atoms with van der Waals surface area (Å²) < 4.78 is 4.92. The maximum Gasteiger partial charge on any atom is 0.328 e. The van der Waals surface area contributed by atoms with Crippen LogP contribution in [0.25, 0.3) is 0 Å². The third-order valence-electron chi connectivity index (χ3n) is 3.94. The zero-order chi connectivity index (χ0) is 14.4. The third kappa shape index (κ3) is 4.41. The molecule has 1 N–H and O–H groups in total. The second kappa shape index (κ2) is 7.53. The van der Waals surface area contributed by atoms with E-state index >= 15 is 0 Å². The van der Waals surface area contributed by atoms with Crippen molar-refractivity contribution in [2.45, 2.75) is 44.6 Å². The van der Waals surface area contributed by atoms with Crippen LogP contribution in [-0.4, -0.2) is 19.1 Å². The molecule has 1 aromatic rings. The van der Waals surface area contributed by atoms with E-state index in [2.05, 4.69) is 5.32 Å². The van der Waals surface area contributed by atoms with Gasteiger partial charge in [0, 0.05) is 10.7 Å². The summed E-state index contributed by atoms with van der Waals surface area (Å²) >= 11 is 5.98. The topological polar surface area (TPSA) is 38.3 Å². The van der Waals surface area contributed by atoms with Gasteiger partial charge >= 0.3 is 5.97 Å². The zero-order valence-corrected chi connectivity index (χ0v) is 12.7. The van der Waals surface area contributed by atoms with Gasteiger partial charge in [-0.25, -0.2) is 4.79 Å². The molecule has 0 saturated heterocycles. The van der Waals surface area contributed by atoms with Gasteiger partial charge in [0.25, 0.3) is 0 Å². The molecule has 2 rings (SSSR count). The predicted octanol–water partition coefficient (Wildman–Crippen LogP) is 4.26. The van der Waals surface area contributed by atoms with Gasteiger partial charge < -0.3 is 10.1 Å². The Morgan fingerprint density at radius 1 is 1.40 bits per heavy atom. The first-order valence-corrected chi connectivity index (χ1v) is 7.67. The summed E-state index contributed by atoms with van der Waals surface area (Å²) in [5, 5.41) is 3.92. The molecule has 1 aromatic carbocycles. The maximum absolute atomic E-state index is 12.0. The maximum atomic E-state index is 12.0. The normalized spacial score (nSPS) is 17.5. The van der Waals surface area contributed by atoms with Crippen molar-refractivity contribution in [3.63, 3.8) is 0 Å². The molecule has 1 atom stereocenters. The van der Waals surface area contributed by atoms with E-state index in [1.807, 2.05) is 24.3 Å². The molecule has 110 valence electrons. The lowest BCUT2D eigenvalue weighted by Crippen LogP contribution is -2.33. The lowest BCUT2D eigenvalue weighted by atomic mass is 9.85. The van der Waals surface area contributed by atoms with Crippen molar-refractivity contribution in [3.8, 4) is 0 Å². The Morgan fingerprint density at radius 3 is 2.80 bits per heavy atom. The van der Waals surface area contributed by atoms with E-state index in [1.54, 1.807) is 0 Å². The second-order valence-electron chi connectivity index (χ2n) is 5.47. The number of hydrogen-bond donors (Lipinski definition) is 1. The van der Waals surface area contributed by atoms with Gasteiger partial charge in [-0.3, -0.25) is 0 Å². The summed E-state index contributed by atoms with van der Waals surface area (Å²) in [7, 11) is 1.44. The molecule has 1 unspecified atom stereocenters. The molecular weight excluding hydrogens is 274 g/mol. The number of methoxy groups -OCH3 is 1. The number of nitrogens with one attached hydrogen (secondary N) is 1. The number of carbonyl (C=O) groups excluding carboxylic acids is 1. The number of rotatable bonds is 5. The average molecular weight is 296 g/mol. The standard InChI is InChI=1S/C16H22ClNO2/c1-20-16(19)15(10-12-6-3-2-4-7-12)18-14-9-5-8-13(17)11-14/h5,8-9,11-12,15,18H,2-4,6-7,10H2,1H3. The van der Waals surface area contributed by atoms with Crippen molar-refractivity contribution in [1.29, 1.82) is 0 Å². The number of hydrogen-bond acceptors (Lipinski definition) is 3. The lowest BCUT2D eigenvalue weighted by molar-refractivity contribution is -0.142. The molecule has 1 saturated carbocycles. The molecule has 0 aliphatic heterocycles. The number of anilines is 1. The average Bonchev–Trinajstić information content (AvgIpc) is 2.47. The van der Waals surface area contributed by atoms with Gasteiger partial charge in [0.1, 0.15) is 6.04 Å². The first kappa shape index (κ1) is 15.2. The van der Waals surface area contributed by atoms with Crippen LogP contribution >= 0.6 is 11.6 Å². The van der Waals surface area contributed by atoms with Gasteiger partial charge in [0.2, 0.25) is 0 Å². The lowest BCUT2D eigenvalue weighted by Gasteiger charge is -2.26. The van der Waals surface area contributed by atoms with Crippen LogP contribution in [0.4, 0.5) is 5.69 Å². The Hall–Kier alpha value is -1.22. The summed E-state index contributed by atoms with van der Waals surface area (Å²) in [5.74, 6) is 0.412. The quantitative estimate of drug-likeness (QED) is 0.825. The first-order chi connectivity index (χ1) is 9.69. The zero-order valence-electron chi connectivity index (χ0n) is 11.9. The molecule has 0 spiro atoms. The number of halogens is 1. The van der Waals surface area contributed by atoms with Crippen LogP contribution in [0.2, 0.25) is 5.02 Å². The summed E-state index contributed by atoms with van der Waals surface area (Å²) in [6.45, 7) is 0. The van der Waals surface area contributed by atoms with E-state index in [9.17, 15) is 4.79 Å². The van der Waals surface area contributed by atoms with Crippen LogP contribution in [0.1, 0.15) is 38.5 Å². The molecule has 0 bridgehead atoms. The van der Waals surface area contributed by atoms with Crippen LogP contribution in [0.5, 0.6) is 0 Å². The van der Waals surface area contributed by atoms with Gasteiger partial charge in [-0.15, -0.1) is 0 Å². The fourth-order valence-electron chi connectivity index (χ4n) is 2.89. The van der Waals surface area contributed by atoms with Crippen molar-refractivity contribution < 1.29 is 9.53 Å².